The SMILES string of the molecule is Cn1ncc(Cl)c1CNC(=S)Nc1ccn(Cc2ccccc2Cl)n1. The van der Waals surface area contributed by atoms with Crippen LogP contribution in [0, 0.1) is 0 Å². The van der Waals surface area contributed by atoms with Gasteiger partial charge in [-0.2, -0.15) is 10.2 Å². The Balaban J connectivity index is 1.56. The Labute approximate surface area is 160 Å². The van der Waals surface area contributed by atoms with E-state index in [1.165, 1.54) is 0 Å². The fourth-order valence-corrected chi connectivity index (χ4v) is 2.88. The molecule has 0 unspecified atom stereocenters. The number of anilines is 1. The fourth-order valence-electron chi connectivity index (χ4n) is 2.28. The summed E-state index contributed by atoms with van der Waals surface area (Å²) >= 11 is 17.5. The quantitative estimate of drug-likeness (QED) is 0.648. The first-order valence-electron chi connectivity index (χ1n) is 7.51. The molecule has 3 rings (SSSR count). The van der Waals surface area contributed by atoms with Crippen LogP contribution < -0.4 is 10.6 Å². The van der Waals surface area contributed by atoms with Gasteiger partial charge >= 0.3 is 0 Å². The van der Waals surface area contributed by atoms with Crippen molar-refractivity contribution >= 4 is 46.4 Å². The molecule has 25 heavy (non-hydrogen) atoms. The number of nitrogens with zero attached hydrogens (tertiary/aromatic N) is 4. The van der Waals surface area contributed by atoms with Crippen molar-refractivity contribution in [2.24, 2.45) is 7.05 Å². The molecule has 130 valence electrons. The highest BCUT2D eigenvalue weighted by atomic mass is 35.5. The smallest absolute Gasteiger partial charge is 0.172 e. The maximum absolute atomic E-state index is 6.18. The molecule has 9 heteroatoms. The summed E-state index contributed by atoms with van der Waals surface area (Å²) in [5.41, 5.74) is 1.86. The van der Waals surface area contributed by atoms with Crippen molar-refractivity contribution in [1.29, 1.82) is 0 Å². The third-order valence-corrected chi connectivity index (χ3v) is 4.53. The summed E-state index contributed by atoms with van der Waals surface area (Å²) in [4.78, 5) is 0. The monoisotopic (exact) mass is 394 g/mol. The van der Waals surface area contributed by atoms with E-state index in [2.05, 4.69) is 20.8 Å². The van der Waals surface area contributed by atoms with E-state index >= 15 is 0 Å². The first-order valence-corrected chi connectivity index (χ1v) is 8.67. The van der Waals surface area contributed by atoms with Crippen molar-refractivity contribution in [3.8, 4) is 0 Å². The number of aryl methyl sites for hydroxylation is 1. The molecule has 0 amide bonds. The summed E-state index contributed by atoms with van der Waals surface area (Å²) in [5.74, 6) is 0.653. The maximum atomic E-state index is 6.18. The van der Waals surface area contributed by atoms with Gasteiger partial charge in [0.05, 0.1) is 30.0 Å². The highest BCUT2D eigenvalue weighted by Crippen LogP contribution is 2.16. The molecule has 0 saturated heterocycles. The molecule has 0 spiro atoms. The Morgan fingerprint density at radius 3 is 2.72 bits per heavy atom. The number of benzene rings is 1. The number of thiocarbonyl (C=S) groups is 1. The minimum atomic E-state index is 0.459. The third kappa shape index (κ3) is 4.50. The number of nitrogens with one attached hydrogen (secondary N) is 2. The van der Waals surface area contributed by atoms with E-state index in [4.69, 9.17) is 35.4 Å². The lowest BCUT2D eigenvalue weighted by Gasteiger charge is -2.09. The van der Waals surface area contributed by atoms with Crippen molar-refractivity contribution in [2.75, 3.05) is 5.32 Å². The molecule has 2 N–H and O–H groups in total. The maximum Gasteiger partial charge on any atom is 0.172 e. The van der Waals surface area contributed by atoms with Crippen LogP contribution in [0.4, 0.5) is 5.82 Å². The molecule has 0 saturated carbocycles. The van der Waals surface area contributed by atoms with Crippen LogP contribution in [-0.4, -0.2) is 24.7 Å². The zero-order chi connectivity index (χ0) is 17.8. The number of hydrogen-bond acceptors (Lipinski definition) is 3. The minimum Gasteiger partial charge on any atom is -0.357 e. The van der Waals surface area contributed by atoms with Crippen molar-refractivity contribution in [3.63, 3.8) is 0 Å². The molecule has 2 aromatic heterocycles. The van der Waals surface area contributed by atoms with E-state index < -0.39 is 0 Å². The lowest BCUT2D eigenvalue weighted by Crippen LogP contribution is -2.29. The van der Waals surface area contributed by atoms with E-state index in [1.807, 2.05) is 43.6 Å². The summed E-state index contributed by atoms with van der Waals surface area (Å²) in [6.45, 7) is 1.06. The Kier molecular flexibility index (Phi) is 5.57. The zero-order valence-corrected chi connectivity index (χ0v) is 15.7. The summed E-state index contributed by atoms with van der Waals surface area (Å²) in [6.07, 6.45) is 3.47. The standard InChI is InChI=1S/C16H16Cl2N6S/c1-23-14(13(18)8-20-23)9-19-16(25)21-15-6-7-24(22-15)10-11-4-2-3-5-12(11)17/h2-8H,9-10H2,1H3,(H2,19,21,22,25). The average molecular weight is 395 g/mol. The van der Waals surface area contributed by atoms with Gasteiger partial charge in [-0.3, -0.25) is 9.36 Å². The second kappa shape index (κ2) is 7.86. The summed E-state index contributed by atoms with van der Waals surface area (Å²) in [7, 11) is 1.83. The molecule has 0 radical (unpaired) electrons. The van der Waals surface area contributed by atoms with E-state index in [0.29, 0.717) is 29.0 Å². The number of hydrogen-bond donors (Lipinski definition) is 2. The fraction of sp³-hybridized carbons (Fsp3) is 0.188. The van der Waals surface area contributed by atoms with Crippen LogP contribution >= 0.6 is 35.4 Å². The molecule has 3 aromatic rings. The van der Waals surface area contributed by atoms with Gasteiger partial charge in [0, 0.05) is 24.3 Å². The van der Waals surface area contributed by atoms with Crippen molar-refractivity contribution in [2.45, 2.75) is 13.1 Å². The molecular weight excluding hydrogens is 379 g/mol. The second-order valence-corrected chi connectivity index (χ2v) is 6.58. The third-order valence-electron chi connectivity index (χ3n) is 3.60. The number of rotatable bonds is 5. The molecule has 0 fully saturated rings. The second-order valence-electron chi connectivity index (χ2n) is 5.36. The Bertz CT molecular complexity index is 869. The van der Waals surface area contributed by atoms with Crippen LogP contribution in [0.3, 0.4) is 0 Å². The predicted octanol–water partition coefficient (Wildman–Crippen LogP) is 3.46. The largest absolute Gasteiger partial charge is 0.357 e. The first-order chi connectivity index (χ1) is 12.0. The van der Waals surface area contributed by atoms with Crippen LogP contribution in [0.15, 0.2) is 42.7 Å². The van der Waals surface area contributed by atoms with Gasteiger partial charge in [-0.05, 0) is 23.8 Å². The van der Waals surface area contributed by atoms with Gasteiger partial charge in [-0.25, -0.2) is 0 Å². The zero-order valence-electron chi connectivity index (χ0n) is 13.4. The molecule has 0 atom stereocenters. The van der Waals surface area contributed by atoms with Crippen LogP contribution in [0.1, 0.15) is 11.3 Å². The minimum absolute atomic E-state index is 0.459. The highest BCUT2D eigenvalue weighted by Gasteiger charge is 2.08. The van der Waals surface area contributed by atoms with Crippen molar-refractivity contribution in [1.82, 2.24) is 24.9 Å². The summed E-state index contributed by atoms with van der Waals surface area (Å²) in [6, 6.07) is 9.54. The van der Waals surface area contributed by atoms with E-state index in [0.717, 1.165) is 16.3 Å². The lowest BCUT2D eigenvalue weighted by atomic mass is 10.2. The van der Waals surface area contributed by atoms with Gasteiger partial charge in [-0.1, -0.05) is 41.4 Å². The summed E-state index contributed by atoms with van der Waals surface area (Å²) < 4.78 is 3.50. The van der Waals surface area contributed by atoms with E-state index in [-0.39, 0.29) is 0 Å². The molecule has 0 aliphatic rings. The van der Waals surface area contributed by atoms with Crippen molar-refractivity contribution < 1.29 is 0 Å². The Hall–Kier alpha value is -2.09. The number of halogens is 2. The molecular formula is C16H16Cl2N6S. The predicted molar refractivity (Wildman–Crippen MR) is 104 cm³/mol. The van der Waals surface area contributed by atoms with Gasteiger partial charge in [0.15, 0.2) is 10.9 Å². The Morgan fingerprint density at radius 2 is 2.00 bits per heavy atom. The molecule has 0 aliphatic carbocycles. The van der Waals surface area contributed by atoms with E-state index in [9.17, 15) is 0 Å². The van der Waals surface area contributed by atoms with Crippen LogP contribution in [-0.2, 0) is 20.1 Å². The molecule has 0 bridgehead atoms. The van der Waals surface area contributed by atoms with Crippen LogP contribution in [0.25, 0.3) is 0 Å². The van der Waals surface area contributed by atoms with Crippen molar-refractivity contribution in [3.05, 3.63) is 64.0 Å². The van der Waals surface area contributed by atoms with Gasteiger partial charge < -0.3 is 10.6 Å². The van der Waals surface area contributed by atoms with Crippen LogP contribution in [0.5, 0.6) is 0 Å². The van der Waals surface area contributed by atoms with Crippen LogP contribution in [0.2, 0.25) is 10.0 Å². The van der Waals surface area contributed by atoms with E-state index in [1.54, 1.807) is 15.6 Å². The lowest BCUT2D eigenvalue weighted by molar-refractivity contribution is 0.688. The van der Waals surface area contributed by atoms with Gasteiger partial charge in [-0.15, -0.1) is 0 Å². The van der Waals surface area contributed by atoms with Gasteiger partial charge in [0.1, 0.15) is 0 Å². The molecule has 6 nitrogen and oxygen atoms in total. The number of aromatic nitrogens is 4. The Morgan fingerprint density at radius 1 is 1.20 bits per heavy atom. The summed E-state index contributed by atoms with van der Waals surface area (Å²) in [5, 5.41) is 16.4. The normalized spacial score (nSPS) is 10.7. The molecule has 2 heterocycles. The highest BCUT2D eigenvalue weighted by molar-refractivity contribution is 7.80. The molecule has 1 aromatic carbocycles. The molecule has 0 aliphatic heterocycles. The first kappa shape index (κ1) is 17.7. The van der Waals surface area contributed by atoms with Gasteiger partial charge in [0.2, 0.25) is 0 Å². The van der Waals surface area contributed by atoms with Gasteiger partial charge in [0.25, 0.3) is 0 Å². The topological polar surface area (TPSA) is 59.7 Å². The average Bonchev–Trinajstić information content (AvgIpc) is 3.15.